The average molecular weight is 859 g/mol. The summed E-state index contributed by atoms with van der Waals surface area (Å²) in [6, 6.07) is 31.0. The first-order chi connectivity index (χ1) is 30.8. The molecule has 0 spiro atoms. The number of ether oxygens (including phenoxy) is 2. The molecule has 2 aliphatic heterocycles. The zero-order valence-electron chi connectivity index (χ0n) is 37.0. The molecule has 4 amide bonds. The minimum Gasteiger partial charge on any atom is -0.497 e. The number of hydrogen-bond acceptors (Lipinski definition) is 8. The molecule has 12 heteroatoms. The Labute approximate surface area is 373 Å². The van der Waals surface area contributed by atoms with Crippen molar-refractivity contribution >= 4 is 23.6 Å². The first kappa shape index (κ1) is 46.8. The Morgan fingerprint density at radius 1 is 0.556 bits per heavy atom. The molecule has 7 rings (SSSR count). The first-order valence-corrected chi connectivity index (χ1v) is 22.8. The van der Waals surface area contributed by atoms with Crippen molar-refractivity contribution < 1.29 is 28.7 Å². The van der Waals surface area contributed by atoms with E-state index in [1.165, 1.54) is 38.6 Å². The predicted molar refractivity (Wildman–Crippen MR) is 247 cm³/mol. The van der Waals surface area contributed by atoms with E-state index in [-0.39, 0.29) is 23.6 Å². The largest absolute Gasteiger partial charge is 0.497 e. The molecule has 4 aromatic carbocycles. The van der Waals surface area contributed by atoms with Crippen LogP contribution in [0.3, 0.4) is 0 Å². The molecular formula is C51H66N6O6. The number of rotatable bonds is 16. The quantitative estimate of drug-likeness (QED) is 0.0822. The van der Waals surface area contributed by atoms with Crippen LogP contribution in [0, 0.1) is 17.8 Å². The van der Waals surface area contributed by atoms with E-state index in [0.29, 0.717) is 47.6 Å². The lowest BCUT2D eigenvalue weighted by Crippen LogP contribution is -2.44. The molecule has 0 radical (unpaired) electrons. The van der Waals surface area contributed by atoms with Crippen molar-refractivity contribution in [1.82, 2.24) is 31.5 Å². The molecule has 12 nitrogen and oxygen atoms in total. The van der Waals surface area contributed by atoms with Gasteiger partial charge in [-0.3, -0.25) is 19.2 Å². The van der Waals surface area contributed by atoms with E-state index < -0.39 is 12.1 Å². The van der Waals surface area contributed by atoms with Crippen LogP contribution in [-0.2, 0) is 9.59 Å². The molecular weight excluding hydrogens is 793 g/mol. The first-order valence-electron chi connectivity index (χ1n) is 22.8. The fraction of sp³-hybridized carbons (Fsp3) is 0.451. The zero-order valence-corrected chi connectivity index (χ0v) is 37.0. The molecule has 0 bridgehead atoms. The van der Waals surface area contributed by atoms with Gasteiger partial charge in [0.1, 0.15) is 23.6 Å². The van der Waals surface area contributed by atoms with Gasteiger partial charge in [-0.15, -0.1) is 0 Å². The molecule has 1 aliphatic carbocycles. The molecule has 2 heterocycles. The van der Waals surface area contributed by atoms with Gasteiger partial charge in [0, 0.05) is 30.8 Å². The van der Waals surface area contributed by atoms with E-state index in [9.17, 15) is 19.2 Å². The summed E-state index contributed by atoms with van der Waals surface area (Å²) in [6.45, 7) is 6.72. The van der Waals surface area contributed by atoms with Crippen LogP contribution in [0.25, 0.3) is 0 Å². The highest BCUT2D eigenvalue weighted by Crippen LogP contribution is 2.27. The lowest BCUT2D eigenvalue weighted by molar-refractivity contribution is -0.124. The Bertz CT molecular complexity index is 2000. The summed E-state index contributed by atoms with van der Waals surface area (Å²) in [5.74, 6) is 2.25. The number of methoxy groups -OCH3 is 2. The van der Waals surface area contributed by atoms with E-state index in [0.717, 1.165) is 68.9 Å². The Hall–Kier alpha value is -5.72. The fourth-order valence-electron chi connectivity index (χ4n) is 8.69. The lowest BCUT2D eigenvalue weighted by atomic mass is 9.88. The van der Waals surface area contributed by atoms with E-state index in [1.807, 2.05) is 60.7 Å². The van der Waals surface area contributed by atoms with Crippen LogP contribution in [0.2, 0.25) is 0 Å². The van der Waals surface area contributed by atoms with E-state index in [4.69, 9.17) is 9.47 Å². The summed E-state index contributed by atoms with van der Waals surface area (Å²) in [7, 11) is 3.17. The number of benzene rings is 4. The van der Waals surface area contributed by atoms with E-state index in [1.54, 1.807) is 62.8 Å². The van der Waals surface area contributed by atoms with Gasteiger partial charge >= 0.3 is 0 Å². The lowest BCUT2D eigenvalue weighted by Gasteiger charge is -2.35. The van der Waals surface area contributed by atoms with Gasteiger partial charge in [-0.1, -0.05) is 79.9 Å². The fourth-order valence-corrected chi connectivity index (χ4v) is 8.69. The Balaban J connectivity index is 0.000000215. The molecule has 4 aromatic rings. The molecule has 5 N–H and O–H groups in total. The Morgan fingerprint density at radius 3 is 1.41 bits per heavy atom. The molecule has 2 atom stereocenters. The molecule has 336 valence electrons. The highest BCUT2D eigenvalue weighted by molar-refractivity contribution is 5.98. The van der Waals surface area contributed by atoms with Gasteiger partial charge in [0.2, 0.25) is 11.8 Å². The maximum absolute atomic E-state index is 13.2. The third-order valence-corrected chi connectivity index (χ3v) is 12.6. The second kappa shape index (κ2) is 24.8. The highest BCUT2D eigenvalue weighted by atomic mass is 16.5. The second-order valence-corrected chi connectivity index (χ2v) is 17.0. The second-order valence-electron chi connectivity index (χ2n) is 17.0. The number of likely N-dealkylation sites (tertiary alicyclic amines) is 1. The number of carbonyl (C=O) groups is 4. The average Bonchev–Trinajstić information content (AvgIpc) is 3.35. The number of hydrogen-bond donors (Lipinski definition) is 5. The van der Waals surface area contributed by atoms with Gasteiger partial charge in [-0.2, -0.15) is 0 Å². The van der Waals surface area contributed by atoms with Gasteiger partial charge in [0.25, 0.3) is 11.8 Å². The van der Waals surface area contributed by atoms with Crippen LogP contribution in [-0.4, -0.2) is 88.6 Å². The number of carbonyl (C=O) groups excluding carboxylic acids is 4. The van der Waals surface area contributed by atoms with Crippen LogP contribution in [0.5, 0.6) is 11.5 Å². The van der Waals surface area contributed by atoms with Crippen molar-refractivity contribution in [2.24, 2.45) is 17.8 Å². The minimum absolute atomic E-state index is 0.164. The van der Waals surface area contributed by atoms with Crippen LogP contribution < -0.4 is 36.1 Å². The molecule has 0 aromatic heterocycles. The van der Waals surface area contributed by atoms with Crippen molar-refractivity contribution in [2.75, 3.05) is 60.0 Å². The Morgan fingerprint density at radius 2 is 0.984 bits per heavy atom. The number of amides is 4. The summed E-state index contributed by atoms with van der Waals surface area (Å²) in [5, 5.41) is 15.3. The third kappa shape index (κ3) is 14.7. The van der Waals surface area contributed by atoms with Gasteiger partial charge in [-0.05, 0) is 142 Å². The molecule has 3 fully saturated rings. The molecule has 1 saturated carbocycles. The summed E-state index contributed by atoms with van der Waals surface area (Å²) in [6.07, 6.45) is 11.3. The van der Waals surface area contributed by atoms with Crippen LogP contribution >= 0.6 is 0 Å². The standard InChI is InChI=1S/C29H39N3O3.C22H27N3O3/c1-35-26-14-12-25(13-15-26)28(33)31-27(24-10-6-3-7-11-24)29(34)30-20-22-16-18-32(19-17-22)21-23-8-4-2-5-9-23;1-28-19-9-7-18(8-10-19)21(26)25-20(17-5-3-2-4-6-17)22(27)24-15-16-11-13-23-14-12-16/h3,6-7,10-15,22-23,27H,2,4-5,8-9,16-21H2,1H3,(H,30,34)(H,31,33);2-10,16,20,23H,11-15H2,1H3,(H,24,27)(H,25,26)/t27-;20-/m11/s1. The zero-order chi connectivity index (χ0) is 44.2. The molecule has 0 unspecified atom stereocenters. The highest BCUT2D eigenvalue weighted by Gasteiger charge is 2.28. The van der Waals surface area contributed by atoms with Crippen LogP contribution in [0.15, 0.2) is 109 Å². The van der Waals surface area contributed by atoms with Crippen molar-refractivity contribution in [1.29, 1.82) is 0 Å². The van der Waals surface area contributed by atoms with Crippen molar-refractivity contribution in [3.8, 4) is 11.5 Å². The summed E-state index contributed by atoms with van der Waals surface area (Å²) < 4.78 is 10.3. The maximum Gasteiger partial charge on any atom is 0.252 e. The SMILES string of the molecule is COc1ccc(C(=O)N[C@@H](C(=O)NCC2CCN(CC3CCCCC3)CC2)c2ccccc2)cc1.COc1ccc(C(=O)N[C@@H](C(=O)NCC2CCNCC2)c2ccccc2)cc1. The Kier molecular flexibility index (Phi) is 18.4. The van der Waals surface area contributed by atoms with E-state index in [2.05, 4.69) is 31.5 Å². The summed E-state index contributed by atoms with van der Waals surface area (Å²) >= 11 is 0. The van der Waals surface area contributed by atoms with Gasteiger partial charge in [0.05, 0.1) is 14.2 Å². The number of piperidine rings is 2. The number of nitrogens with one attached hydrogen (secondary N) is 5. The van der Waals surface area contributed by atoms with Crippen molar-refractivity contribution in [3.63, 3.8) is 0 Å². The molecule has 3 aliphatic rings. The van der Waals surface area contributed by atoms with Gasteiger partial charge in [0.15, 0.2) is 0 Å². The van der Waals surface area contributed by atoms with Crippen molar-refractivity contribution in [2.45, 2.75) is 69.9 Å². The summed E-state index contributed by atoms with van der Waals surface area (Å²) in [4.78, 5) is 54.3. The molecule has 63 heavy (non-hydrogen) atoms. The normalized spacial score (nSPS) is 17.2. The minimum atomic E-state index is -0.739. The third-order valence-electron chi connectivity index (χ3n) is 12.6. The van der Waals surface area contributed by atoms with Crippen molar-refractivity contribution in [3.05, 3.63) is 131 Å². The van der Waals surface area contributed by atoms with Crippen LogP contribution in [0.4, 0.5) is 0 Å². The van der Waals surface area contributed by atoms with Gasteiger partial charge in [-0.25, -0.2) is 0 Å². The van der Waals surface area contributed by atoms with Crippen LogP contribution in [0.1, 0.15) is 102 Å². The topological polar surface area (TPSA) is 150 Å². The van der Waals surface area contributed by atoms with Gasteiger partial charge < -0.3 is 41.0 Å². The molecule has 2 saturated heterocycles. The van der Waals surface area contributed by atoms with E-state index >= 15 is 0 Å². The monoisotopic (exact) mass is 859 g/mol. The smallest absolute Gasteiger partial charge is 0.252 e. The number of nitrogens with zero attached hydrogens (tertiary/aromatic N) is 1. The predicted octanol–water partition coefficient (Wildman–Crippen LogP) is 6.86. The summed E-state index contributed by atoms with van der Waals surface area (Å²) in [5.41, 5.74) is 2.50. The maximum atomic E-state index is 13.2.